The van der Waals surface area contributed by atoms with E-state index in [2.05, 4.69) is 21.2 Å². The van der Waals surface area contributed by atoms with Gasteiger partial charge in [-0.05, 0) is 43.2 Å². The fourth-order valence-electron chi connectivity index (χ4n) is 3.83. The Bertz CT molecular complexity index is 911. The van der Waals surface area contributed by atoms with Gasteiger partial charge in [0.15, 0.2) is 5.96 Å². The summed E-state index contributed by atoms with van der Waals surface area (Å²) >= 11 is 0. The molecule has 7 nitrogen and oxygen atoms in total. The number of para-hydroxylation sites is 2. The van der Waals surface area contributed by atoms with Gasteiger partial charge >= 0.3 is 0 Å². The van der Waals surface area contributed by atoms with E-state index < -0.39 is 11.8 Å². The van der Waals surface area contributed by atoms with Crippen LogP contribution in [0, 0.1) is 11.7 Å². The van der Waals surface area contributed by atoms with Crippen LogP contribution in [0.4, 0.5) is 10.1 Å². The van der Waals surface area contributed by atoms with Crippen LogP contribution < -0.4 is 20.7 Å². The monoisotopic (exact) mass is 441 g/mol. The number of nitrogens with two attached hydrogens (primary N) is 1. The van der Waals surface area contributed by atoms with Crippen LogP contribution in [-0.2, 0) is 11.2 Å². The van der Waals surface area contributed by atoms with Crippen LogP contribution in [0.2, 0.25) is 0 Å². The number of nitrogens with zero attached hydrogens (tertiary/aromatic N) is 3. The predicted molar refractivity (Wildman–Crippen MR) is 126 cm³/mol. The second kappa shape index (κ2) is 11.4. The minimum Gasteiger partial charge on any atom is -0.495 e. The summed E-state index contributed by atoms with van der Waals surface area (Å²) in [5.74, 6) is 0.479. The van der Waals surface area contributed by atoms with Crippen molar-refractivity contribution in [1.82, 2.24) is 10.2 Å². The number of piperazine rings is 1. The molecule has 0 aromatic heterocycles. The summed E-state index contributed by atoms with van der Waals surface area (Å²) in [5.41, 5.74) is 7.58. The molecule has 3 rings (SSSR count). The number of guanidine groups is 1. The smallest absolute Gasteiger partial charge is 0.222 e. The maximum atomic E-state index is 13.2. The number of hydrogen-bond acceptors (Lipinski definition) is 4. The Kier molecular flexibility index (Phi) is 8.30. The van der Waals surface area contributed by atoms with Crippen molar-refractivity contribution in [3.63, 3.8) is 0 Å². The van der Waals surface area contributed by atoms with Gasteiger partial charge in [0.1, 0.15) is 11.6 Å². The van der Waals surface area contributed by atoms with Crippen molar-refractivity contribution >= 4 is 17.6 Å². The number of nitrogens with one attached hydrogen (secondary N) is 1. The number of carbonyl (C=O) groups excluding carboxylic acids is 1. The van der Waals surface area contributed by atoms with Crippen LogP contribution in [0.15, 0.2) is 53.5 Å². The average Bonchev–Trinajstić information content (AvgIpc) is 2.82. The van der Waals surface area contributed by atoms with Crippen LogP contribution in [0.5, 0.6) is 5.75 Å². The van der Waals surface area contributed by atoms with Crippen molar-refractivity contribution in [3.8, 4) is 5.75 Å². The molecule has 8 heteroatoms. The second-order valence-electron chi connectivity index (χ2n) is 7.77. The first-order valence-corrected chi connectivity index (χ1v) is 11.0. The molecular weight excluding hydrogens is 409 g/mol. The molecule has 172 valence electrons. The predicted octanol–water partition coefficient (Wildman–Crippen LogP) is 2.27. The number of amides is 1. The summed E-state index contributed by atoms with van der Waals surface area (Å²) < 4.78 is 18.7. The molecule has 1 unspecified atom stereocenters. The molecule has 1 fully saturated rings. The van der Waals surface area contributed by atoms with Gasteiger partial charge in [-0.1, -0.05) is 24.3 Å². The van der Waals surface area contributed by atoms with Gasteiger partial charge in [-0.15, -0.1) is 0 Å². The second-order valence-corrected chi connectivity index (χ2v) is 7.77. The molecule has 1 atom stereocenters. The Hall–Kier alpha value is -3.29. The van der Waals surface area contributed by atoms with Gasteiger partial charge in [0.25, 0.3) is 0 Å². The SMILES string of the molecule is CCNC(=NCC(Cc1ccc(F)cc1)C(N)=O)N1CCN(c2ccccc2OC)CC1. The number of carbonyl (C=O) groups is 1. The highest BCUT2D eigenvalue weighted by Gasteiger charge is 2.23. The van der Waals surface area contributed by atoms with Crippen molar-refractivity contribution in [1.29, 1.82) is 0 Å². The molecule has 32 heavy (non-hydrogen) atoms. The summed E-state index contributed by atoms with van der Waals surface area (Å²) in [6.07, 6.45) is 0.431. The van der Waals surface area contributed by atoms with Gasteiger partial charge in [-0.2, -0.15) is 0 Å². The lowest BCUT2D eigenvalue weighted by atomic mass is 9.99. The summed E-state index contributed by atoms with van der Waals surface area (Å²) in [7, 11) is 1.69. The molecule has 1 aliphatic rings. The third-order valence-corrected chi connectivity index (χ3v) is 5.60. The number of methoxy groups -OCH3 is 1. The molecule has 1 amide bonds. The number of rotatable bonds is 8. The molecule has 2 aromatic rings. The van der Waals surface area contributed by atoms with Crippen LogP contribution in [0.3, 0.4) is 0 Å². The van der Waals surface area contributed by atoms with Crippen LogP contribution in [-0.4, -0.2) is 63.1 Å². The molecule has 0 aliphatic carbocycles. The van der Waals surface area contributed by atoms with E-state index in [0.29, 0.717) is 6.42 Å². The largest absolute Gasteiger partial charge is 0.495 e. The standard InChI is InChI=1S/C24H32FN5O2/c1-3-27-24(28-17-19(23(26)31)16-18-8-10-20(25)11-9-18)30-14-12-29(13-15-30)21-6-4-5-7-22(21)32-2/h4-11,19H,3,12-17H2,1-2H3,(H2,26,31)(H,27,28). The van der Waals surface area contributed by atoms with Gasteiger partial charge in [0.05, 0.1) is 25.3 Å². The molecule has 0 saturated carbocycles. The Morgan fingerprint density at radius 2 is 1.84 bits per heavy atom. The Labute approximate surface area is 189 Å². The van der Waals surface area contributed by atoms with Crippen LogP contribution >= 0.6 is 0 Å². The number of aliphatic imine (C=N–C) groups is 1. The highest BCUT2D eigenvalue weighted by Crippen LogP contribution is 2.28. The number of anilines is 1. The first-order valence-electron chi connectivity index (χ1n) is 11.0. The van der Waals surface area contributed by atoms with E-state index in [0.717, 1.165) is 55.7 Å². The number of hydrogen-bond donors (Lipinski definition) is 2. The lowest BCUT2D eigenvalue weighted by Gasteiger charge is -2.38. The minimum atomic E-state index is -0.455. The van der Waals surface area contributed by atoms with Crippen molar-refractivity contribution in [2.75, 3.05) is 51.3 Å². The quantitative estimate of drug-likeness (QED) is 0.485. The maximum absolute atomic E-state index is 13.2. The maximum Gasteiger partial charge on any atom is 0.222 e. The van der Waals surface area contributed by atoms with Crippen molar-refractivity contribution in [2.45, 2.75) is 13.3 Å². The molecular formula is C24H32FN5O2. The first-order chi connectivity index (χ1) is 15.5. The Balaban J connectivity index is 1.65. The van der Waals surface area contributed by atoms with E-state index in [-0.39, 0.29) is 12.4 Å². The zero-order valence-corrected chi connectivity index (χ0v) is 18.8. The lowest BCUT2D eigenvalue weighted by Crippen LogP contribution is -2.52. The highest BCUT2D eigenvalue weighted by atomic mass is 19.1. The van der Waals surface area contributed by atoms with E-state index in [1.807, 2.05) is 25.1 Å². The van der Waals surface area contributed by atoms with E-state index >= 15 is 0 Å². The number of ether oxygens (including phenoxy) is 1. The van der Waals surface area contributed by atoms with Gasteiger partial charge < -0.3 is 25.6 Å². The van der Waals surface area contributed by atoms with Crippen LogP contribution in [0.25, 0.3) is 0 Å². The van der Waals surface area contributed by atoms with Crippen LogP contribution in [0.1, 0.15) is 12.5 Å². The van der Waals surface area contributed by atoms with Gasteiger partial charge in [0.2, 0.25) is 5.91 Å². The van der Waals surface area contributed by atoms with Gasteiger partial charge in [0, 0.05) is 32.7 Å². The van der Waals surface area contributed by atoms with Crippen molar-refractivity contribution < 1.29 is 13.9 Å². The molecule has 0 radical (unpaired) electrons. The normalized spacial score (nSPS) is 15.4. The number of halogens is 1. The van der Waals surface area contributed by atoms with Gasteiger partial charge in [-0.3, -0.25) is 9.79 Å². The fraction of sp³-hybridized carbons (Fsp3) is 0.417. The van der Waals surface area contributed by atoms with E-state index in [4.69, 9.17) is 15.5 Å². The van der Waals surface area contributed by atoms with E-state index in [1.165, 1.54) is 12.1 Å². The summed E-state index contributed by atoms with van der Waals surface area (Å²) in [5, 5.41) is 3.33. The Morgan fingerprint density at radius 1 is 1.16 bits per heavy atom. The number of primary amides is 1. The molecule has 0 spiro atoms. The molecule has 0 bridgehead atoms. The Morgan fingerprint density at radius 3 is 2.47 bits per heavy atom. The minimum absolute atomic E-state index is 0.280. The summed E-state index contributed by atoms with van der Waals surface area (Å²) in [6.45, 7) is 6.28. The summed E-state index contributed by atoms with van der Waals surface area (Å²) in [4.78, 5) is 21.2. The summed E-state index contributed by atoms with van der Waals surface area (Å²) in [6, 6.07) is 14.2. The van der Waals surface area contributed by atoms with E-state index in [9.17, 15) is 9.18 Å². The number of benzene rings is 2. The lowest BCUT2D eigenvalue weighted by molar-refractivity contribution is -0.121. The molecule has 1 saturated heterocycles. The molecule has 1 heterocycles. The third kappa shape index (κ3) is 6.12. The van der Waals surface area contributed by atoms with E-state index in [1.54, 1.807) is 19.2 Å². The van der Waals surface area contributed by atoms with Gasteiger partial charge in [-0.25, -0.2) is 4.39 Å². The molecule has 1 aliphatic heterocycles. The topological polar surface area (TPSA) is 83.2 Å². The zero-order chi connectivity index (χ0) is 22.9. The highest BCUT2D eigenvalue weighted by molar-refractivity contribution is 5.81. The molecule has 2 aromatic carbocycles. The van der Waals surface area contributed by atoms with Crippen molar-refractivity contribution in [2.24, 2.45) is 16.6 Å². The zero-order valence-electron chi connectivity index (χ0n) is 18.8. The third-order valence-electron chi connectivity index (χ3n) is 5.60. The molecule has 3 N–H and O–H groups in total. The first kappa shape index (κ1) is 23.4. The van der Waals surface area contributed by atoms with Crippen molar-refractivity contribution in [3.05, 3.63) is 59.9 Å². The fourth-order valence-corrected chi connectivity index (χ4v) is 3.83. The average molecular weight is 442 g/mol.